The molecule has 2 unspecified atom stereocenters. The van der Waals surface area contributed by atoms with Gasteiger partial charge in [-0.05, 0) is 63.3 Å². The number of amides is 1. The summed E-state index contributed by atoms with van der Waals surface area (Å²) >= 11 is 1.49. The number of nitrogens with zero attached hydrogens (tertiary/aromatic N) is 4. The van der Waals surface area contributed by atoms with Crippen molar-refractivity contribution in [2.45, 2.75) is 70.7 Å². The van der Waals surface area contributed by atoms with Crippen LogP contribution in [0.3, 0.4) is 0 Å². The van der Waals surface area contributed by atoms with Gasteiger partial charge in [-0.15, -0.1) is 10.2 Å². The number of thioether (sulfide) groups is 1. The van der Waals surface area contributed by atoms with E-state index in [1.54, 1.807) is 7.11 Å². The van der Waals surface area contributed by atoms with Crippen molar-refractivity contribution in [1.29, 1.82) is 0 Å². The summed E-state index contributed by atoms with van der Waals surface area (Å²) in [6, 6.07) is 8.48. The first-order valence-corrected chi connectivity index (χ1v) is 11.4. The summed E-state index contributed by atoms with van der Waals surface area (Å²) < 4.78 is 7.39. The summed E-state index contributed by atoms with van der Waals surface area (Å²) in [6.45, 7) is 9.47. The lowest BCUT2D eigenvalue weighted by molar-refractivity contribution is -0.134. The minimum Gasteiger partial charge on any atom is -0.497 e. The third-order valence-electron chi connectivity index (χ3n) is 5.42. The van der Waals surface area contributed by atoms with E-state index in [2.05, 4.69) is 47.4 Å². The highest BCUT2D eigenvalue weighted by Crippen LogP contribution is 2.28. The predicted molar refractivity (Wildman–Crippen MR) is 117 cm³/mol. The van der Waals surface area contributed by atoms with Crippen molar-refractivity contribution in [3.63, 3.8) is 0 Å². The minimum atomic E-state index is 0.194. The third-order valence-corrected chi connectivity index (χ3v) is 6.37. The maximum atomic E-state index is 12.9. The van der Waals surface area contributed by atoms with E-state index < -0.39 is 0 Å². The van der Waals surface area contributed by atoms with Crippen molar-refractivity contribution < 1.29 is 9.53 Å². The molecule has 7 heteroatoms. The number of carbonyl (C=O) groups is 1. The van der Waals surface area contributed by atoms with E-state index >= 15 is 0 Å². The second-order valence-electron chi connectivity index (χ2n) is 8.26. The van der Waals surface area contributed by atoms with E-state index in [4.69, 9.17) is 4.74 Å². The first kappa shape index (κ1) is 21.7. The zero-order valence-corrected chi connectivity index (χ0v) is 18.9. The average molecular weight is 417 g/mol. The normalized spacial score (nSPS) is 19.6. The Labute approximate surface area is 178 Å². The molecule has 0 radical (unpaired) electrons. The highest BCUT2D eigenvalue weighted by atomic mass is 32.2. The maximum Gasteiger partial charge on any atom is 0.233 e. The van der Waals surface area contributed by atoms with E-state index in [-0.39, 0.29) is 5.91 Å². The van der Waals surface area contributed by atoms with Crippen LogP contribution in [0.2, 0.25) is 0 Å². The van der Waals surface area contributed by atoms with Gasteiger partial charge in [0.05, 0.1) is 12.9 Å². The van der Waals surface area contributed by atoms with Gasteiger partial charge in [-0.3, -0.25) is 4.79 Å². The Kier molecular flexibility index (Phi) is 7.22. The average Bonchev–Trinajstić information content (AvgIpc) is 3.08. The second kappa shape index (κ2) is 9.65. The molecule has 0 spiro atoms. The molecule has 1 aromatic carbocycles. The Morgan fingerprint density at radius 1 is 1.17 bits per heavy atom. The molecular formula is C22H32N4O2S. The molecule has 1 amide bonds. The fraction of sp³-hybridized carbons (Fsp3) is 0.591. The van der Waals surface area contributed by atoms with Gasteiger partial charge in [0.1, 0.15) is 5.75 Å². The summed E-state index contributed by atoms with van der Waals surface area (Å²) in [4.78, 5) is 15.0. The van der Waals surface area contributed by atoms with Gasteiger partial charge in [-0.25, -0.2) is 0 Å². The van der Waals surface area contributed by atoms with Crippen LogP contribution in [0.5, 0.6) is 5.75 Å². The van der Waals surface area contributed by atoms with Crippen LogP contribution >= 0.6 is 11.8 Å². The number of benzene rings is 1. The molecule has 1 aliphatic heterocycles. The summed E-state index contributed by atoms with van der Waals surface area (Å²) in [5.74, 6) is 2.68. The van der Waals surface area contributed by atoms with Gasteiger partial charge in [-0.2, -0.15) is 0 Å². The zero-order chi connectivity index (χ0) is 21.0. The smallest absolute Gasteiger partial charge is 0.233 e. The fourth-order valence-electron chi connectivity index (χ4n) is 3.99. The van der Waals surface area contributed by atoms with Gasteiger partial charge in [-0.1, -0.05) is 25.6 Å². The first-order valence-electron chi connectivity index (χ1n) is 10.4. The van der Waals surface area contributed by atoms with Crippen LogP contribution in [0.15, 0.2) is 29.4 Å². The van der Waals surface area contributed by atoms with E-state index in [0.717, 1.165) is 41.7 Å². The summed E-state index contributed by atoms with van der Waals surface area (Å²) in [5.41, 5.74) is 0.996. The SMILES string of the molecule is COc1ccc(-c2nnc(SCC(=O)N3C(C)CCCC3C)n2CC(C)C)cc1. The van der Waals surface area contributed by atoms with Crippen molar-refractivity contribution in [2.75, 3.05) is 12.9 Å². The van der Waals surface area contributed by atoms with E-state index in [9.17, 15) is 4.79 Å². The first-order chi connectivity index (χ1) is 13.9. The standard InChI is InChI=1S/C22H32N4O2S/c1-15(2)13-25-21(18-9-11-19(28-5)12-10-18)23-24-22(25)29-14-20(27)26-16(3)7-6-8-17(26)4/h9-12,15-17H,6-8,13-14H2,1-5H3. The second-order valence-corrected chi connectivity index (χ2v) is 9.20. The van der Waals surface area contributed by atoms with E-state index in [1.165, 1.54) is 18.2 Å². The molecular weight excluding hydrogens is 384 g/mol. The molecule has 0 aliphatic carbocycles. The van der Waals surface area contributed by atoms with Crippen molar-refractivity contribution in [2.24, 2.45) is 5.92 Å². The predicted octanol–water partition coefficient (Wildman–Crippen LogP) is 4.49. The van der Waals surface area contributed by atoms with Crippen LogP contribution < -0.4 is 4.74 Å². The quantitative estimate of drug-likeness (QED) is 0.622. The Balaban J connectivity index is 1.78. The lowest BCUT2D eigenvalue weighted by Gasteiger charge is -2.39. The number of carbonyl (C=O) groups excluding carboxylic acids is 1. The Bertz CT molecular complexity index is 809. The molecule has 0 N–H and O–H groups in total. The van der Waals surface area contributed by atoms with Crippen molar-refractivity contribution in [3.05, 3.63) is 24.3 Å². The number of rotatable bonds is 7. The van der Waals surface area contributed by atoms with Crippen LogP contribution in [-0.2, 0) is 11.3 Å². The number of hydrogen-bond donors (Lipinski definition) is 0. The van der Waals surface area contributed by atoms with Gasteiger partial charge < -0.3 is 14.2 Å². The molecule has 1 fully saturated rings. The molecule has 1 aromatic heterocycles. The van der Waals surface area contributed by atoms with Crippen LogP contribution in [0, 0.1) is 5.92 Å². The van der Waals surface area contributed by atoms with Gasteiger partial charge in [0.25, 0.3) is 0 Å². The lowest BCUT2D eigenvalue weighted by atomic mass is 9.98. The highest BCUT2D eigenvalue weighted by molar-refractivity contribution is 7.99. The topological polar surface area (TPSA) is 60.3 Å². The lowest BCUT2D eigenvalue weighted by Crippen LogP contribution is -2.48. The van der Waals surface area contributed by atoms with Crippen LogP contribution in [0.1, 0.15) is 47.0 Å². The Hall–Kier alpha value is -2.02. The third kappa shape index (κ3) is 5.13. The van der Waals surface area contributed by atoms with E-state index in [0.29, 0.717) is 23.8 Å². The van der Waals surface area contributed by atoms with Gasteiger partial charge in [0, 0.05) is 24.2 Å². The fourth-order valence-corrected chi connectivity index (χ4v) is 4.81. The number of hydrogen-bond acceptors (Lipinski definition) is 5. The van der Waals surface area contributed by atoms with Crippen molar-refractivity contribution in [3.8, 4) is 17.1 Å². The Morgan fingerprint density at radius 2 is 1.83 bits per heavy atom. The molecule has 0 saturated carbocycles. The summed E-state index contributed by atoms with van der Waals surface area (Å²) in [6.07, 6.45) is 3.38. The van der Waals surface area contributed by atoms with Crippen molar-refractivity contribution >= 4 is 17.7 Å². The molecule has 2 heterocycles. The van der Waals surface area contributed by atoms with Crippen LogP contribution in [0.25, 0.3) is 11.4 Å². The minimum absolute atomic E-state index is 0.194. The van der Waals surface area contributed by atoms with Crippen molar-refractivity contribution in [1.82, 2.24) is 19.7 Å². The van der Waals surface area contributed by atoms with Gasteiger partial charge >= 0.3 is 0 Å². The largest absolute Gasteiger partial charge is 0.497 e. The van der Waals surface area contributed by atoms with Crippen LogP contribution in [0.4, 0.5) is 0 Å². The summed E-state index contributed by atoms with van der Waals surface area (Å²) in [5, 5.41) is 9.66. The number of likely N-dealkylation sites (tertiary alicyclic amines) is 1. The van der Waals surface area contributed by atoms with E-state index in [1.807, 2.05) is 24.3 Å². The summed E-state index contributed by atoms with van der Waals surface area (Å²) in [7, 11) is 1.66. The number of aromatic nitrogens is 3. The molecule has 158 valence electrons. The monoisotopic (exact) mass is 416 g/mol. The molecule has 6 nitrogen and oxygen atoms in total. The molecule has 0 bridgehead atoms. The molecule has 1 saturated heterocycles. The van der Waals surface area contributed by atoms with Gasteiger partial charge in [0.2, 0.25) is 5.91 Å². The zero-order valence-electron chi connectivity index (χ0n) is 18.1. The molecule has 1 aliphatic rings. The molecule has 3 rings (SSSR count). The molecule has 29 heavy (non-hydrogen) atoms. The van der Waals surface area contributed by atoms with Gasteiger partial charge in [0.15, 0.2) is 11.0 Å². The molecule has 2 atom stereocenters. The highest BCUT2D eigenvalue weighted by Gasteiger charge is 2.29. The Morgan fingerprint density at radius 3 is 2.41 bits per heavy atom. The maximum absolute atomic E-state index is 12.9. The number of methoxy groups -OCH3 is 1. The van der Waals surface area contributed by atoms with Crippen LogP contribution in [-0.4, -0.2) is 50.5 Å². The number of ether oxygens (including phenoxy) is 1. The number of piperidine rings is 1. The molecule has 2 aromatic rings.